The lowest BCUT2D eigenvalue weighted by atomic mass is 9.63. The number of carbonyl (C=O) groups excluding carboxylic acids is 1. The Morgan fingerprint density at radius 3 is 2.79 bits per heavy atom. The van der Waals surface area contributed by atoms with Gasteiger partial charge in [-0.1, -0.05) is 30.3 Å². The van der Waals surface area contributed by atoms with E-state index in [4.69, 9.17) is 4.74 Å². The molecule has 2 aliphatic carbocycles. The summed E-state index contributed by atoms with van der Waals surface area (Å²) in [6.07, 6.45) is 5.63. The third kappa shape index (κ3) is 1.50. The highest BCUT2D eigenvalue weighted by atomic mass is 16.5. The minimum Gasteiger partial charge on any atom is -0.372 e. The lowest BCUT2D eigenvalue weighted by molar-refractivity contribution is -0.135. The minimum atomic E-state index is -0.126. The number of hydrogen-bond donors (Lipinski definition) is 0. The first-order valence-electron chi connectivity index (χ1n) is 7.52. The van der Waals surface area contributed by atoms with Gasteiger partial charge in [0.2, 0.25) is 0 Å². The van der Waals surface area contributed by atoms with Crippen LogP contribution < -0.4 is 0 Å². The molecular weight excluding hydrogens is 236 g/mol. The molecule has 1 aliphatic heterocycles. The standard InChI is InChI=1S/C17H20O2/c18-15-8-4-7-13-9-10-14-16(19-11-17(13,14)15)12-5-2-1-3-6-12/h1-3,5-6,13-14,16H,4,7-11H2/t13-,14+,16+,17-/m1/s1. The second kappa shape index (κ2) is 4.17. The van der Waals surface area contributed by atoms with E-state index in [0.717, 1.165) is 19.3 Å². The second-order valence-electron chi connectivity index (χ2n) is 6.38. The van der Waals surface area contributed by atoms with E-state index in [9.17, 15) is 4.79 Å². The van der Waals surface area contributed by atoms with Crippen LogP contribution in [0, 0.1) is 17.3 Å². The van der Waals surface area contributed by atoms with Crippen LogP contribution in [0.2, 0.25) is 0 Å². The Balaban J connectivity index is 1.72. The summed E-state index contributed by atoms with van der Waals surface area (Å²) >= 11 is 0. The fourth-order valence-corrected chi connectivity index (χ4v) is 4.82. The first-order valence-corrected chi connectivity index (χ1v) is 7.52. The van der Waals surface area contributed by atoms with E-state index in [-0.39, 0.29) is 11.5 Å². The Labute approximate surface area is 114 Å². The summed E-state index contributed by atoms with van der Waals surface area (Å²) in [7, 11) is 0. The Morgan fingerprint density at radius 1 is 1.11 bits per heavy atom. The van der Waals surface area contributed by atoms with Crippen molar-refractivity contribution >= 4 is 5.78 Å². The first-order chi connectivity index (χ1) is 9.32. The van der Waals surface area contributed by atoms with Gasteiger partial charge in [-0.15, -0.1) is 0 Å². The van der Waals surface area contributed by atoms with Gasteiger partial charge in [0, 0.05) is 12.3 Å². The van der Waals surface area contributed by atoms with Crippen molar-refractivity contribution in [3.8, 4) is 0 Å². The van der Waals surface area contributed by atoms with Crippen LogP contribution in [0.4, 0.5) is 0 Å². The van der Waals surface area contributed by atoms with Crippen molar-refractivity contribution in [2.75, 3.05) is 6.61 Å². The topological polar surface area (TPSA) is 26.3 Å². The molecule has 1 aromatic carbocycles. The highest BCUT2D eigenvalue weighted by Crippen LogP contribution is 2.62. The van der Waals surface area contributed by atoms with Gasteiger partial charge < -0.3 is 4.74 Å². The molecule has 19 heavy (non-hydrogen) atoms. The molecule has 3 fully saturated rings. The van der Waals surface area contributed by atoms with Crippen LogP contribution in [-0.2, 0) is 9.53 Å². The molecule has 2 nitrogen and oxygen atoms in total. The quantitative estimate of drug-likeness (QED) is 0.768. The van der Waals surface area contributed by atoms with Gasteiger partial charge in [0.1, 0.15) is 5.78 Å². The number of carbonyl (C=O) groups is 1. The maximum absolute atomic E-state index is 12.6. The van der Waals surface area contributed by atoms with Crippen LogP contribution in [0.1, 0.15) is 43.8 Å². The van der Waals surface area contributed by atoms with Crippen molar-refractivity contribution in [1.82, 2.24) is 0 Å². The molecule has 100 valence electrons. The normalized spacial score (nSPS) is 41.1. The predicted octanol–water partition coefficient (Wildman–Crippen LogP) is 3.52. The monoisotopic (exact) mass is 256 g/mol. The maximum Gasteiger partial charge on any atom is 0.142 e. The van der Waals surface area contributed by atoms with Gasteiger partial charge in [0.25, 0.3) is 0 Å². The third-order valence-corrected chi connectivity index (χ3v) is 5.69. The van der Waals surface area contributed by atoms with Gasteiger partial charge >= 0.3 is 0 Å². The van der Waals surface area contributed by atoms with Crippen LogP contribution in [0.25, 0.3) is 0 Å². The molecule has 2 heteroatoms. The highest BCUT2D eigenvalue weighted by Gasteiger charge is 2.62. The highest BCUT2D eigenvalue weighted by molar-refractivity contribution is 5.87. The molecule has 3 aliphatic rings. The largest absolute Gasteiger partial charge is 0.372 e. The van der Waals surface area contributed by atoms with E-state index in [1.54, 1.807) is 0 Å². The molecule has 0 radical (unpaired) electrons. The van der Waals surface area contributed by atoms with Gasteiger partial charge in [-0.25, -0.2) is 0 Å². The molecule has 1 heterocycles. The summed E-state index contributed by atoms with van der Waals surface area (Å²) in [4.78, 5) is 12.6. The van der Waals surface area contributed by atoms with Crippen molar-refractivity contribution in [2.45, 2.75) is 38.2 Å². The van der Waals surface area contributed by atoms with Crippen LogP contribution >= 0.6 is 0 Å². The number of Topliss-reactive ketones (excluding diaryl/α,β-unsaturated/α-hetero) is 1. The molecule has 1 spiro atoms. The third-order valence-electron chi connectivity index (χ3n) is 5.69. The second-order valence-corrected chi connectivity index (χ2v) is 6.38. The SMILES string of the molecule is O=C1CCC[C@@H]2CC[C@H]3[C@H](c4ccccc4)OC[C@@]123. The smallest absolute Gasteiger partial charge is 0.142 e. The van der Waals surface area contributed by atoms with Crippen molar-refractivity contribution < 1.29 is 9.53 Å². The van der Waals surface area contributed by atoms with E-state index in [2.05, 4.69) is 24.3 Å². The summed E-state index contributed by atoms with van der Waals surface area (Å²) in [6.45, 7) is 0.667. The van der Waals surface area contributed by atoms with E-state index in [0.29, 0.717) is 24.2 Å². The van der Waals surface area contributed by atoms with Crippen LogP contribution in [0.5, 0.6) is 0 Å². The molecule has 4 rings (SSSR count). The molecule has 0 amide bonds. The van der Waals surface area contributed by atoms with Gasteiger partial charge in [0.05, 0.1) is 18.1 Å². The van der Waals surface area contributed by atoms with E-state index >= 15 is 0 Å². The first kappa shape index (κ1) is 11.7. The molecule has 1 saturated heterocycles. The number of ether oxygens (including phenoxy) is 1. The van der Waals surface area contributed by atoms with Gasteiger partial charge in [-0.05, 0) is 37.2 Å². The summed E-state index contributed by atoms with van der Waals surface area (Å²) in [5.41, 5.74) is 1.13. The average Bonchev–Trinajstić information content (AvgIpc) is 2.98. The fourth-order valence-electron chi connectivity index (χ4n) is 4.82. The average molecular weight is 256 g/mol. The van der Waals surface area contributed by atoms with Crippen molar-refractivity contribution in [1.29, 1.82) is 0 Å². The summed E-state index contributed by atoms with van der Waals surface area (Å²) < 4.78 is 6.12. The van der Waals surface area contributed by atoms with Crippen LogP contribution in [-0.4, -0.2) is 12.4 Å². The number of hydrogen-bond acceptors (Lipinski definition) is 2. The molecule has 0 unspecified atom stereocenters. The molecule has 0 bridgehead atoms. The molecular formula is C17H20O2. The lowest BCUT2D eigenvalue weighted by Gasteiger charge is -2.37. The van der Waals surface area contributed by atoms with Gasteiger partial charge in [0.15, 0.2) is 0 Å². The minimum absolute atomic E-state index is 0.126. The fraction of sp³-hybridized carbons (Fsp3) is 0.588. The maximum atomic E-state index is 12.6. The Kier molecular flexibility index (Phi) is 2.56. The zero-order valence-corrected chi connectivity index (χ0v) is 11.2. The Hall–Kier alpha value is -1.15. The predicted molar refractivity (Wildman–Crippen MR) is 72.6 cm³/mol. The lowest BCUT2D eigenvalue weighted by Crippen LogP contribution is -2.43. The number of benzene rings is 1. The van der Waals surface area contributed by atoms with Crippen molar-refractivity contribution in [3.05, 3.63) is 35.9 Å². The molecule has 0 aromatic heterocycles. The summed E-state index contributed by atoms with van der Waals surface area (Å²) in [5.74, 6) is 1.50. The molecule has 0 N–H and O–H groups in total. The summed E-state index contributed by atoms with van der Waals surface area (Å²) in [5, 5.41) is 0. The van der Waals surface area contributed by atoms with Crippen molar-refractivity contribution in [2.24, 2.45) is 17.3 Å². The van der Waals surface area contributed by atoms with E-state index < -0.39 is 0 Å². The van der Waals surface area contributed by atoms with Gasteiger partial charge in [-0.2, -0.15) is 0 Å². The molecule has 4 atom stereocenters. The van der Waals surface area contributed by atoms with Gasteiger partial charge in [-0.3, -0.25) is 4.79 Å². The van der Waals surface area contributed by atoms with E-state index in [1.165, 1.54) is 18.4 Å². The number of ketones is 1. The van der Waals surface area contributed by atoms with Crippen LogP contribution in [0.15, 0.2) is 30.3 Å². The summed E-state index contributed by atoms with van der Waals surface area (Å²) in [6, 6.07) is 10.5. The number of rotatable bonds is 1. The zero-order chi connectivity index (χ0) is 12.9. The molecule has 2 saturated carbocycles. The molecule has 1 aromatic rings. The Bertz CT molecular complexity index is 495. The van der Waals surface area contributed by atoms with Crippen molar-refractivity contribution in [3.63, 3.8) is 0 Å². The van der Waals surface area contributed by atoms with E-state index in [1.807, 2.05) is 6.07 Å². The van der Waals surface area contributed by atoms with Crippen LogP contribution in [0.3, 0.4) is 0 Å². The zero-order valence-electron chi connectivity index (χ0n) is 11.2. The Morgan fingerprint density at radius 2 is 1.95 bits per heavy atom.